The van der Waals surface area contributed by atoms with Gasteiger partial charge in [0.15, 0.2) is 11.2 Å². The molecule has 63 heavy (non-hydrogen) atoms. The summed E-state index contributed by atoms with van der Waals surface area (Å²) in [6.07, 6.45) is 10.7. The molecule has 320 valence electrons. The van der Waals surface area contributed by atoms with Crippen molar-refractivity contribution in [3.8, 4) is 34.5 Å². The standard InChI is InChI=1S/C56H54O7/c1-7-43-13-25-49(26-14-43)57-37-55(38-58-50-27-15-44(8-2)16-28-50,39-59-51-29-17-45(9-3)18-30-51)63-56(40-60-52-31-19-46(10-4)20-32-52,41-61-53-33-21-47(11-5)22-34-53)42-62-54-35-23-48(12-6)24-36-54/h7-36H,1-6,37-42H2. The first-order chi connectivity index (χ1) is 30.8. The maximum absolute atomic E-state index is 7.58. The molecule has 6 rings (SSSR count). The summed E-state index contributed by atoms with van der Waals surface area (Å²) in [6, 6.07) is 45.9. The fourth-order valence-corrected chi connectivity index (χ4v) is 6.38. The highest BCUT2D eigenvalue weighted by molar-refractivity contribution is 5.52. The molecule has 0 N–H and O–H groups in total. The predicted molar refractivity (Wildman–Crippen MR) is 259 cm³/mol. The molecule has 0 aliphatic carbocycles. The van der Waals surface area contributed by atoms with E-state index in [2.05, 4.69) is 39.5 Å². The SMILES string of the molecule is C=Cc1ccc(OCC(COc2ccc(C=C)cc2)(COc2ccc(C=C)cc2)OC(COc2ccc(C=C)cc2)(COc2ccc(C=C)cc2)COc2ccc(C=C)cc2)cc1. The van der Waals surface area contributed by atoms with Crippen LogP contribution in [0.2, 0.25) is 0 Å². The lowest BCUT2D eigenvalue weighted by Crippen LogP contribution is -2.61. The fourth-order valence-electron chi connectivity index (χ4n) is 6.38. The van der Waals surface area contributed by atoms with Crippen LogP contribution in [-0.2, 0) is 4.74 Å². The molecule has 0 saturated carbocycles. The topological polar surface area (TPSA) is 64.6 Å². The van der Waals surface area contributed by atoms with E-state index in [0.29, 0.717) is 34.5 Å². The Balaban J connectivity index is 1.46. The van der Waals surface area contributed by atoms with Crippen LogP contribution in [0.3, 0.4) is 0 Å². The summed E-state index contributed by atoms with van der Waals surface area (Å²) in [5.41, 5.74) is 3.02. The molecule has 0 spiro atoms. The fraction of sp³-hybridized carbons (Fsp3) is 0.143. The van der Waals surface area contributed by atoms with Gasteiger partial charge in [0, 0.05) is 0 Å². The van der Waals surface area contributed by atoms with E-state index in [1.54, 1.807) is 36.5 Å². The van der Waals surface area contributed by atoms with E-state index in [-0.39, 0.29) is 39.6 Å². The third-order valence-corrected chi connectivity index (χ3v) is 10.1. The van der Waals surface area contributed by atoms with Crippen LogP contribution in [0.1, 0.15) is 33.4 Å². The summed E-state index contributed by atoms with van der Waals surface area (Å²) < 4.78 is 47.4. The van der Waals surface area contributed by atoms with E-state index >= 15 is 0 Å². The second-order valence-corrected chi connectivity index (χ2v) is 14.8. The van der Waals surface area contributed by atoms with Gasteiger partial charge in [0.2, 0.25) is 0 Å². The Labute approximate surface area is 372 Å². The van der Waals surface area contributed by atoms with Crippen LogP contribution in [0.15, 0.2) is 185 Å². The first kappa shape index (κ1) is 45.1. The Hall–Kier alpha value is -7.48. The van der Waals surface area contributed by atoms with Gasteiger partial charge in [0.05, 0.1) is 0 Å². The third kappa shape index (κ3) is 13.3. The maximum atomic E-state index is 7.58. The average Bonchev–Trinajstić information content (AvgIpc) is 3.35. The van der Waals surface area contributed by atoms with Gasteiger partial charge in [-0.15, -0.1) is 0 Å². The van der Waals surface area contributed by atoms with Gasteiger partial charge in [-0.3, -0.25) is 0 Å². The van der Waals surface area contributed by atoms with E-state index in [1.165, 1.54) is 0 Å². The quantitative estimate of drug-likeness (QED) is 0.0539. The molecule has 0 aliphatic heterocycles. The van der Waals surface area contributed by atoms with Gasteiger partial charge < -0.3 is 33.2 Å². The van der Waals surface area contributed by atoms with Gasteiger partial charge in [0.25, 0.3) is 0 Å². The summed E-state index contributed by atoms with van der Waals surface area (Å²) in [7, 11) is 0. The Morgan fingerprint density at radius 2 is 0.397 bits per heavy atom. The molecular weight excluding hydrogens is 785 g/mol. The van der Waals surface area contributed by atoms with Crippen molar-refractivity contribution >= 4 is 36.5 Å². The number of hydrogen-bond donors (Lipinski definition) is 0. The van der Waals surface area contributed by atoms with Crippen molar-refractivity contribution < 1.29 is 33.2 Å². The first-order valence-corrected chi connectivity index (χ1v) is 20.6. The van der Waals surface area contributed by atoms with E-state index in [0.717, 1.165) is 33.4 Å². The van der Waals surface area contributed by atoms with Crippen molar-refractivity contribution in [1.82, 2.24) is 0 Å². The second kappa shape index (κ2) is 22.4. The molecule has 6 aromatic rings. The molecule has 0 fully saturated rings. The summed E-state index contributed by atoms with van der Waals surface area (Å²) in [5.74, 6) is 3.67. The lowest BCUT2D eigenvalue weighted by molar-refractivity contribution is -0.224. The minimum atomic E-state index is -1.35. The normalized spacial score (nSPS) is 11.0. The van der Waals surface area contributed by atoms with Crippen molar-refractivity contribution in [2.24, 2.45) is 0 Å². The molecule has 7 nitrogen and oxygen atoms in total. The first-order valence-electron chi connectivity index (χ1n) is 20.6. The molecule has 0 radical (unpaired) electrons. The van der Waals surface area contributed by atoms with E-state index in [4.69, 9.17) is 33.2 Å². The number of ether oxygens (including phenoxy) is 7. The summed E-state index contributed by atoms with van der Waals surface area (Å²) in [6.45, 7) is 23.3. The summed E-state index contributed by atoms with van der Waals surface area (Å²) >= 11 is 0. The third-order valence-electron chi connectivity index (χ3n) is 10.1. The zero-order valence-electron chi connectivity index (χ0n) is 35.7. The number of hydrogen-bond acceptors (Lipinski definition) is 7. The van der Waals surface area contributed by atoms with Gasteiger partial charge in [-0.05, 0) is 106 Å². The zero-order chi connectivity index (χ0) is 44.3. The molecule has 0 amide bonds. The van der Waals surface area contributed by atoms with Crippen LogP contribution in [0, 0.1) is 0 Å². The molecule has 6 aromatic carbocycles. The smallest absolute Gasteiger partial charge is 0.171 e. The maximum Gasteiger partial charge on any atom is 0.171 e. The average molecular weight is 839 g/mol. The number of benzene rings is 6. The van der Waals surface area contributed by atoms with Crippen molar-refractivity contribution in [2.75, 3.05) is 39.6 Å². The zero-order valence-corrected chi connectivity index (χ0v) is 35.7. The molecule has 0 atom stereocenters. The van der Waals surface area contributed by atoms with Crippen molar-refractivity contribution in [3.63, 3.8) is 0 Å². The summed E-state index contributed by atoms with van der Waals surface area (Å²) in [4.78, 5) is 0. The van der Waals surface area contributed by atoms with Gasteiger partial charge in [0.1, 0.15) is 74.1 Å². The molecule has 0 aromatic heterocycles. The van der Waals surface area contributed by atoms with E-state index in [1.807, 2.05) is 146 Å². The van der Waals surface area contributed by atoms with Crippen LogP contribution in [0.25, 0.3) is 36.5 Å². The minimum Gasteiger partial charge on any atom is -0.490 e. The van der Waals surface area contributed by atoms with E-state index < -0.39 is 11.2 Å². The number of rotatable bonds is 26. The van der Waals surface area contributed by atoms with Crippen LogP contribution in [0.5, 0.6) is 34.5 Å². The van der Waals surface area contributed by atoms with Gasteiger partial charge in [-0.25, -0.2) is 0 Å². The summed E-state index contributed by atoms with van der Waals surface area (Å²) in [5, 5.41) is 0. The Morgan fingerprint density at radius 3 is 0.524 bits per heavy atom. The predicted octanol–water partition coefficient (Wildman–Crippen LogP) is 12.8. The van der Waals surface area contributed by atoms with Gasteiger partial charge in [-0.2, -0.15) is 0 Å². The van der Waals surface area contributed by atoms with E-state index in [9.17, 15) is 0 Å². The van der Waals surface area contributed by atoms with Crippen LogP contribution in [0.4, 0.5) is 0 Å². The van der Waals surface area contributed by atoms with Crippen molar-refractivity contribution in [3.05, 3.63) is 218 Å². The van der Waals surface area contributed by atoms with Crippen LogP contribution in [-0.4, -0.2) is 50.8 Å². The Kier molecular flexibility index (Phi) is 16.0. The highest BCUT2D eigenvalue weighted by Gasteiger charge is 2.47. The highest BCUT2D eigenvalue weighted by atomic mass is 16.6. The lowest BCUT2D eigenvalue weighted by atomic mass is 10.0. The molecule has 0 heterocycles. The monoisotopic (exact) mass is 838 g/mol. The Bertz CT molecular complexity index is 1950. The van der Waals surface area contributed by atoms with Gasteiger partial charge in [-0.1, -0.05) is 149 Å². The molecule has 0 bridgehead atoms. The molecular formula is C56H54O7. The van der Waals surface area contributed by atoms with Gasteiger partial charge >= 0.3 is 0 Å². The molecule has 0 unspecified atom stereocenters. The minimum absolute atomic E-state index is 0.0201. The van der Waals surface area contributed by atoms with Crippen molar-refractivity contribution in [2.45, 2.75) is 11.2 Å². The largest absolute Gasteiger partial charge is 0.490 e. The molecule has 0 saturated heterocycles. The highest BCUT2D eigenvalue weighted by Crippen LogP contribution is 2.31. The second-order valence-electron chi connectivity index (χ2n) is 14.8. The van der Waals surface area contributed by atoms with Crippen LogP contribution < -0.4 is 28.4 Å². The van der Waals surface area contributed by atoms with Crippen LogP contribution >= 0.6 is 0 Å². The van der Waals surface area contributed by atoms with Crippen molar-refractivity contribution in [1.29, 1.82) is 0 Å². The lowest BCUT2D eigenvalue weighted by Gasteiger charge is -2.42. The molecule has 0 aliphatic rings. The molecule has 7 heteroatoms. The Morgan fingerprint density at radius 1 is 0.254 bits per heavy atom.